The molecule has 0 aliphatic heterocycles. The Bertz CT molecular complexity index is 1150. The Hall–Kier alpha value is -3.66. The average Bonchev–Trinajstić information content (AvgIpc) is 2.70. The first-order valence-corrected chi connectivity index (χ1v) is 9.10. The number of hydrogen-bond donors (Lipinski definition) is 3. The first-order valence-electron chi connectivity index (χ1n) is 8.72. The van der Waals surface area contributed by atoms with Crippen molar-refractivity contribution >= 4 is 40.7 Å². The van der Waals surface area contributed by atoms with Crippen molar-refractivity contribution in [3.63, 3.8) is 0 Å². The van der Waals surface area contributed by atoms with Crippen LogP contribution in [0.4, 0.5) is 30.5 Å². The van der Waals surface area contributed by atoms with Crippen LogP contribution in [-0.4, -0.2) is 21.8 Å². The van der Waals surface area contributed by atoms with Gasteiger partial charge in [0.25, 0.3) is 11.8 Å². The van der Waals surface area contributed by atoms with Gasteiger partial charge in [-0.3, -0.25) is 9.59 Å². The van der Waals surface area contributed by atoms with Gasteiger partial charge in [0.15, 0.2) is 0 Å². The van der Waals surface area contributed by atoms with Crippen LogP contribution >= 0.6 is 11.6 Å². The van der Waals surface area contributed by atoms with Crippen LogP contribution in [0.5, 0.6) is 0 Å². The maximum absolute atomic E-state index is 13.0. The van der Waals surface area contributed by atoms with Crippen LogP contribution < -0.4 is 16.4 Å². The average molecular weight is 450 g/mol. The number of hydrogen-bond acceptors (Lipinski definition) is 5. The largest absolute Gasteiger partial charge is 0.417 e. The highest BCUT2D eigenvalue weighted by atomic mass is 35.5. The third-order valence-corrected chi connectivity index (χ3v) is 4.53. The maximum Gasteiger partial charge on any atom is 0.417 e. The molecule has 0 spiro atoms. The number of anilines is 3. The van der Waals surface area contributed by atoms with Crippen LogP contribution in [0.3, 0.4) is 0 Å². The third-order valence-electron chi connectivity index (χ3n) is 4.20. The Morgan fingerprint density at radius 1 is 0.968 bits per heavy atom. The van der Waals surface area contributed by atoms with Crippen LogP contribution in [0.2, 0.25) is 5.02 Å². The molecule has 0 saturated carbocycles. The van der Waals surface area contributed by atoms with E-state index in [-0.39, 0.29) is 22.8 Å². The zero-order valence-electron chi connectivity index (χ0n) is 15.9. The van der Waals surface area contributed by atoms with Gasteiger partial charge < -0.3 is 16.4 Å². The zero-order valence-corrected chi connectivity index (χ0v) is 16.7. The molecule has 0 saturated heterocycles. The monoisotopic (exact) mass is 449 g/mol. The molecule has 4 N–H and O–H groups in total. The van der Waals surface area contributed by atoms with E-state index >= 15 is 0 Å². The Kier molecular flexibility index (Phi) is 6.11. The first-order chi connectivity index (χ1) is 14.5. The molecule has 3 aromatic rings. The molecular weight excluding hydrogens is 435 g/mol. The standard InChI is InChI=1S/C20H15ClF3N5O2/c1-10-2-4-12(7-14(10)18(31)29-13-8-26-19(25)27-9-13)28-17(30)11-3-5-16(21)15(6-11)20(22,23)24/h2-9H,1H3,(H,28,30)(H,29,31)(H2,25,26,27). The van der Waals surface area contributed by atoms with Crippen LogP contribution in [0.15, 0.2) is 48.8 Å². The summed E-state index contributed by atoms with van der Waals surface area (Å²) in [7, 11) is 0. The van der Waals surface area contributed by atoms with Crippen LogP contribution in [0.1, 0.15) is 31.8 Å². The minimum Gasteiger partial charge on any atom is -0.368 e. The molecule has 0 aliphatic rings. The number of aromatic nitrogens is 2. The smallest absolute Gasteiger partial charge is 0.368 e. The summed E-state index contributed by atoms with van der Waals surface area (Å²) < 4.78 is 39.1. The number of nitrogens with two attached hydrogens (primary N) is 1. The summed E-state index contributed by atoms with van der Waals surface area (Å²) in [5.41, 5.74) is 5.44. The third kappa shape index (κ3) is 5.28. The van der Waals surface area contributed by atoms with E-state index in [1.54, 1.807) is 13.0 Å². The molecule has 1 aromatic heterocycles. The molecule has 1 heterocycles. The van der Waals surface area contributed by atoms with E-state index in [2.05, 4.69) is 20.6 Å². The lowest BCUT2D eigenvalue weighted by Gasteiger charge is -2.13. The molecule has 160 valence electrons. The molecule has 0 atom stereocenters. The van der Waals surface area contributed by atoms with Crippen molar-refractivity contribution in [1.29, 1.82) is 0 Å². The van der Waals surface area contributed by atoms with Gasteiger partial charge in [-0.25, -0.2) is 9.97 Å². The summed E-state index contributed by atoms with van der Waals surface area (Å²) in [5, 5.41) is 4.57. The normalized spacial score (nSPS) is 11.1. The molecule has 0 radical (unpaired) electrons. The number of carbonyl (C=O) groups is 2. The Balaban J connectivity index is 1.81. The molecule has 0 bridgehead atoms. The van der Waals surface area contributed by atoms with E-state index in [0.717, 1.165) is 6.07 Å². The summed E-state index contributed by atoms with van der Waals surface area (Å²) in [6, 6.07) is 7.36. The fourth-order valence-electron chi connectivity index (χ4n) is 2.63. The van der Waals surface area contributed by atoms with Crippen LogP contribution in [0, 0.1) is 6.92 Å². The van der Waals surface area contributed by atoms with Crippen molar-refractivity contribution in [1.82, 2.24) is 9.97 Å². The van der Waals surface area contributed by atoms with Gasteiger partial charge in [0.05, 0.1) is 28.7 Å². The van der Waals surface area contributed by atoms with Crippen LogP contribution in [0.25, 0.3) is 0 Å². The second kappa shape index (κ2) is 8.60. The lowest BCUT2D eigenvalue weighted by atomic mass is 10.1. The minimum absolute atomic E-state index is 0.0507. The molecule has 0 unspecified atom stereocenters. The van der Waals surface area contributed by atoms with Gasteiger partial charge in [-0.15, -0.1) is 0 Å². The van der Waals surface area contributed by atoms with Gasteiger partial charge in [-0.05, 0) is 42.8 Å². The van der Waals surface area contributed by atoms with Gasteiger partial charge in [0.1, 0.15) is 0 Å². The number of aryl methyl sites for hydroxylation is 1. The minimum atomic E-state index is -4.70. The number of alkyl halides is 3. The number of nitrogen functional groups attached to an aromatic ring is 1. The van der Waals surface area contributed by atoms with E-state index in [0.29, 0.717) is 17.3 Å². The van der Waals surface area contributed by atoms with E-state index < -0.39 is 28.6 Å². The molecule has 31 heavy (non-hydrogen) atoms. The van der Waals surface area contributed by atoms with Crippen LogP contribution in [-0.2, 0) is 6.18 Å². The van der Waals surface area contributed by atoms with E-state index in [4.69, 9.17) is 17.3 Å². The van der Waals surface area contributed by atoms with Gasteiger partial charge in [-0.1, -0.05) is 17.7 Å². The predicted molar refractivity (Wildman–Crippen MR) is 110 cm³/mol. The fraction of sp³-hybridized carbons (Fsp3) is 0.100. The quantitative estimate of drug-likeness (QED) is 0.541. The second-order valence-corrected chi connectivity index (χ2v) is 6.87. The summed E-state index contributed by atoms with van der Waals surface area (Å²) in [6.07, 6.45) is -2.03. The summed E-state index contributed by atoms with van der Waals surface area (Å²) in [6.45, 7) is 1.69. The van der Waals surface area contributed by atoms with Crippen molar-refractivity contribution in [2.24, 2.45) is 0 Å². The maximum atomic E-state index is 13.0. The number of nitrogens with zero attached hydrogens (tertiary/aromatic N) is 2. The van der Waals surface area contributed by atoms with Crippen molar-refractivity contribution < 1.29 is 22.8 Å². The zero-order chi connectivity index (χ0) is 22.8. The molecule has 0 fully saturated rings. The Labute approximate surface area is 179 Å². The number of carbonyl (C=O) groups excluding carboxylic acids is 2. The predicted octanol–water partition coefficient (Wildman–Crippen LogP) is 4.54. The highest BCUT2D eigenvalue weighted by Crippen LogP contribution is 2.35. The molecule has 2 aromatic carbocycles. The summed E-state index contributed by atoms with van der Waals surface area (Å²) in [5.74, 6) is -1.23. The van der Waals surface area contributed by atoms with E-state index in [9.17, 15) is 22.8 Å². The molecule has 0 aliphatic carbocycles. The Morgan fingerprint density at radius 2 is 1.61 bits per heavy atom. The van der Waals surface area contributed by atoms with Crippen molar-refractivity contribution in [2.75, 3.05) is 16.4 Å². The summed E-state index contributed by atoms with van der Waals surface area (Å²) in [4.78, 5) is 32.6. The number of rotatable bonds is 4. The number of halogens is 4. The molecule has 7 nitrogen and oxygen atoms in total. The van der Waals surface area contributed by atoms with Crippen molar-refractivity contribution in [3.8, 4) is 0 Å². The molecule has 3 rings (SSSR count). The van der Waals surface area contributed by atoms with Crippen molar-refractivity contribution in [2.45, 2.75) is 13.1 Å². The molecule has 2 amide bonds. The summed E-state index contributed by atoms with van der Waals surface area (Å²) >= 11 is 5.58. The molecular formula is C20H15ClF3N5O2. The fourth-order valence-corrected chi connectivity index (χ4v) is 2.86. The second-order valence-electron chi connectivity index (χ2n) is 6.46. The lowest BCUT2D eigenvalue weighted by molar-refractivity contribution is -0.137. The van der Waals surface area contributed by atoms with Gasteiger partial charge in [0.2, 0.25) is 5.95 Å². The SMILES string of the molecule is Cc1ccc(NC(=O)c2ccc(Cl)c(C(F)(F)F)c2)cc1C(=O)Nc1cnc(N)nc1. The van der Waals surface area contributed by atoms with Gasteiger partial charge in [-0.2, -0.15) is 13.2 Å². The number of amides is 2. The lowest BCUT2D eigenvalue weighted by Crippen LogP contribution is -2.17. The van der Waals surface area contributed by atoms with Crippen molar-refractivity contribution in [3.05, 3.63) is 76.1 Å². The molecule has 11 heteroatoms. The highest BCUT2D eigenvalue weighted by molar-refractivity contribution is 6.31. The van der Waals surface area contributed by atoms with Gasteiger partial charge >= 0.3 is 6.18 Å². The topological polar surface area (TPSA) is 110 Å². The van der Waals surface area contributed by atoms with Gasteiger partial charge in [0, 0.05) is 16.8 Å². The first kappa shape index (κ1) is 22.0. The van der Waals surface area contributed by atoms with E-state index in [1.165, 1.54) is 30.6 Å². The van der Waals surface area contributed by atoms with E-state index in [1.807, 2.05) is 0 Å². The number of nitrogens with one attached hydrogen (secondary N) is 2. The number of benzene rings is 2. The highest BCUT2D eigenvalue weighted by Gasteiger charge is 2.33. The Morgan fingerprint density at radius 3 is 2.26 bits per heavy atom.